The molecule has 3 heterocycles. The highest BCUT2D eigenvalue weighted by atomic mass is 16.2. The lowest BCUT2D eigenvalue weighted by molar-refractivity contribution is -0.136. The number of likely N-dealkylation sites (tertiary alicyclic amines) is 1. The first-order valence-electron chi connectivity index (χ1n) is 13.1. The Balaban J connectivity index is 1.24. The molecule has 0 radical (unpaired) electrons. The van der Waals surface area contributed by atoms with Crippen molar-refractivity contribution in [3.8, 4) is 0 Å². The number of rotatable bonds is 7. The zero-order valence-corrected chi connectivity index (χ0v) is 20.7. The summed E-state index contributed by atoms with van der Waals surface area (Å²) >= 11 is 0. The summed E-state index contributed by atoms with van der Waals surface area (Å²) in [6, 6.07) is 0.395. The maximum atomic E-state index is 13.1. The summed E-state index contributed by atoms with van der Waals surface area (Å²) in [6.45, 7) is 5.60. The Morgan fingerprint density at radius 1 is 1.12 bits per heavy atom. The Labute approximate surface area is 199 Å². The summed E-state index contributed by atoms with van der Waals surface area (Å²) < 4.78 is 0. The smallest absolute Gasteiger partial charge is 0.237 e. The van der Waals surface area contributed by atoms with E-state index < -0.39 is 0 Å². The molecule has 5 unspecified atom stereocenters. The summed E-state index contributed by atoms with van der Waals surface area (Å²) in [5.41, 5.74) is 6.58. The minimum atomic E-state index is -0.254. The summed E-state index contributed by atoms with van der Waals surface area (Å²) in [6.07, 6.45) is 8.50. The molecule has 0 aromatic carbocycles. The van der Waals surface area contributed by atoms with E-state index in [1.54, 1.807) is 0 Å². The van der Waals surface area contributed by atoms with Gasteiger partial charge in [0.05, 0.1) is 18.9 Å². The first kappa shape index (κ1) is 24.9. The van der Waals surface area contributed by atoms with Gasteiger partial charge in [0.15, 0.2) is 0 Å². The fourth-order valence-corrected chi connectivity index (χ4v) is 6.27. The Bertz CT molecular complexity index is 677. The molecule has 188 valence electrons. The van der Waals surface area contributed by atoms with Crippen molar-refractivity contribution in [2.24, 2.45) is 17.8 Å². The van der Waals surface area contributed by atoms with Crippen LogP contribution in [-0.2, 0) is 9.59 Å². The van der Waals surface area contributed by atoms with Crippen molar-refractivity contribution in [3.63, 3.8) is 0 Å². The second-order valence-electron chi connectivity index (χ2n) is 10.9. The minimum Gasteiger partial charge on any atom is -0.352 e. The topological polar surface area (TPSA) is 101 Å². The molecule has 1 aliphatic carbocycles. The van der Waals surface area contributed by atoms with Crippen LogP contribution >= 0.6 is 0 Å². The fourth-order valence-electron chi connectivity index (χ4n) is 6.27. The molecule has 5 N–H and O–H groups in total. The highest BCUT2D eigenvalue weighted by Crippen LogP contribution is 2.33. The molecule has 3 aliphatic heterocycles. The van der Waals surface area contributed by atoms with E-state index in [0.29, 0.717) is 30.5 Å². The summed E-state index contributed by atoms with van der Waals surface area (Å²) in [5.74, 6) is 1.53. The van der Waals surface area contributed by atoms with Crippen molar-refractivity contribution >= 4 is 11.8 Å². The molecular weight excluding hydrogens is 418 g/mol. The lowest BCUT2D eigenvalue weighted by atomic mass is 9.77. The average molecular weight is 464 g/mol. The third kappa shape index (κ3) is 6.25. The van der Waals surface area contributed by atoms with Gasteiger partial charge in [-0.2, -0.15) is 0 Å². The van der Waals surface area contributed by atoms with E-state index in [-0.39, 0.29) is 29.8 Å². The lowest BCUT2D eigenvalue weighted by Gasteiger charge is -2.36. The molecule has 4 aliphatic rings. The predicted octanol–water partition coefficient (Wildman–Crippen LogP) is 0.199. The fraction of sp³-hybridized carbons (Fsp3) is 0.917. The maximum Gasteiger partial charge on any atom is 0.237 e. The average Bonchev–Trinajstić information content (AvgIpc) is 3.48. The summed E-state index contributed by atoms with van der Waals surface area (Å²) in [4.78, 5) is 30.5. The van der Waals surface area contributed by atoms with E-state index in [4.69, 9.17) is 0 Å². The first-order valence-corrected chi connectivity index (χ1v) is 13.1. The van der Waals surface area contributed by atoms with E-state index in [1.807, 2.05) is 11.9 Å². The van der Waals surface area contributed by atoms with Crippen LogP contribution in [0.3, 0.4) is 0 Å². The number of nitrogens with one attached hydrogen (secondary N) is 5. The van der Waals surface area contributed by atoms with E-state index in [2.05, 4.69) is 45.7 Å². The van der Waals surface area contributed by atoms with Crippen LogP contribution < -0.4 is 26.8 Å². The van der Waals surface area contributed by atoms with E-state index >= 15 is 0 Å². The van der Waals surface area contributed by atoms with Gasteiger partial charge in [0.2, 0.25) is 11.8 Å². The van der Waals surface area contributed by atoms with Gasteiger partial charge in [-0.25, -0.2) is 10.9 Å². The Morgan fingerprint density at radius 3 is 2.70 bits per heavy atom. The highest BCUT2D eigenvalue weighted by Gasteiger charge is 2.37. The Kier molecular flexibility index (Phi) is 8.62. The third-order valence-corrected chi connectivity index (χ3v) is 8.57. The van der Waals surface area contributed by atoms with Crippen LogP contribution in [0, 0.1) is 17.8 Å². The van der Waals surface area contributed by atoms with Gasteiger partial charge in [0.25, 0.3) is 0 Å². The number of hydrogen-bond donors (Lipinski definition) is 5. The first-order chi connectivity index (χ1) is 15.9. The molecule has 0 aromatic heterocycles. The number of hydrogen-bond acceptors (Lipinski definition) is 7. The molecule has 0 bridgehead atoms. The zero-order chi connectivity index (χ0) is 23.4. The molecule has 3 saturated heterocycles. The van der Waals surface area contributed by atoms with Crippen LogP contribution in [-0.4, -0.2) is 86.3 Å². The molecular formula is C24H45N7O2. The molecule has 7 atom stereocenters. The van der Waals surface area contributed by atoms with Crippen LogP contribution in [0.25, 0.3) is 0 Å². The highest BCUT2D eigenvalue weighted by molar-refractivity contribution is 5.85. The monoisotopic (exact) mass is 463 g/mol. The quantitative estimate of drug-likeness (QED) is 0.368. The lowest BCUT2D eigenvalue weighted by Crippen LogP contribution is -2.54. The van der Waals surface area contributed by atoms with Crippen LogP contribution in [0.5, 0.6) is 0 Å². The minimum absolute atomic E-state index is 0.0405. The second kappa shape index (κ2) is 11.4. The molecule has 33 heavy (non-hydrogen) atoms. The largest absolute Gasteiger partial charge is 0.352 e. The molecule has 1 saturated carbocycles. The van der Waals surface area contributed by atoms with Crippen LogP contribution in [0.15, 0.2) is 0 Å². The van der Waals surface area contributed by atoms with E-state index in [0.717, 1.165) is 58.4 Å². The zero-order valence-electron chi connectivity index (χ0n) is 20.7. The van der Waals surface area contributed by atoms with Gasteiger partial charge >= 0.3 is 0 Å². The summed E-state index contributed by atoms with van der Waals surface area (Å²) in [7, 11) is 4.10. The van der Waals surface area contributed by atoms with E-state index in [9.17, 15) is 9.59 Å². The van der Waals surface area contributed by atoms with Crippen LogP contribution in [0.4, 0.5) is 0 Å². The number of hydrazine groups is 1. The van der Waals surface area contributed by atoms with Crippen molar-refractivity contribution in [1.29, 1.82) is 0 Å². The molecule has 0 aromatic rings. The van der Waals surface area contributed by atoms with Gasteiger partial charge in [0, 0.05) is 31.1 Å². The van der Waals surface area contributed by atoms with Gasteiger partial charge in [-0.1, -0.05) is 19.8 Å². The SMILES string of the molecule is CN[C@H]1CCN(C(=O)C2CCNC(C(=O)NC3CCCC([C@H](C)CC4NNCN4C)C3)C2)C1. The Hall–Kier alpha value is -1.26. The number of nitrogens with zero attached hydrogens (tertiary/aromatic N) is 2. The van der Waals surface area contributed by atoms with Crippen molar-refractivity contribution in [2.75, 3.05) is 40.4 Å². The number of piperidine rings is 1. The van der Waals surface area contributed by atoms with Crippen molar-refractivity contribution in [3.05, 3.63) is 0 Å². The summed E-state index contributed by atoms with van der Waals surface area (Å²) in [5, 5.41) is 10.00. The molecule has 0 spiro atoms. The second-order valence-corrected chi connectivity index (χ2v) is 10.9. The van der Waals surface area contributed by atoms with Gasteiger partial charge in [-0.15, -0.1) is 0 Å². The maximum absolute atomic E-state index is 13.1. The molecule has 4 fully saturated rings. The Morgan fingerprint density at radius 2 is 1.97 bits per heavy atom. The van der Waals surface area contributed by atoms with Crippen molar-refractivity contribution in [2.45, 2.75) is 82.6 Å². The van der Waals surface area contributed by atoms with Crippen molar-refractivity contribution in [1.82, 2.24) is 36.6 Å². The number of likely N-dealkylation sites (N-methyl/N-ethyl adjacent to an activating group) is 1. The van der Waals surface area contributed by atoms with Gasteiger partial charge in [0.1, 0.15) is 0 Å². The third-order valence-electron chi connectivity index (χ3n) is 8.57. The predicted molar refractivity (Wildman–Crippen MR) is 129 cm³/mol. The van der Waals surface area contributed by atoms with E-state index in [1.165, 1.54) is 12.8 Å². The van der Waals surface area contributed by atoms with Gasteiger partial charge in [-0.05, 0) is 71.0 Å². The molecule has 2 amide bonds. The molecule has 9 heteroatoms. The van der Waals surface area contributed by atoms with Crippen LogP contribution in [0.2, 0.25) is 0 Å². The standard InChI is InChI=1S/C24H45N7O2/c1-16(11-22-29-27-15-30(22)3)17-5-4-6-19(12-17)28-23(32)21-13-18(7-9-26-21)24(33)31-10-8-20(14-31)25-2/h16-22,25-27,29H,4-15H2,1-3H3,(H,28,32)/t16-,17?,18?,19?,20+,21?,22?/m1/s1. The number of carbonyl (C=O) groups is 2. The van der Waals surface area contributed by atoms with Crippen molar-refractivity contribution < 1.29 is 9.59 Å². The normalized spacial score (nSPS) is 36.6. The number of amides is 2. The molecule has 9 nitrogen and oxygen atoms in total. The van der Waals surface area contributed by atoms with Gasteiger partial charge < -0.3 is 20.9 Å². The molecule has 4 rings (SSSR count). The van der Waals surface area contributed by atoms with Crippen LogP contribution in [0.1, 0.15) is 58.3 Å². The van der Waals surface area contributed by atoms with Gasteiger partial charge in [-0.3, -0.25) is 14.5 Å². The number of carbonyl (C=O) groups excluding carboxylic acids is 2.